The lowest BCUT2D eigenvalue weighted by Gasteiger charge is -2.14. The van der Waals surface area contributed by atoms with Crippen molar-refractivity contribution in [1.82, 2.24) is 15.1 Å². The van der Waals surface area contributed by atoms with Gasteiger partial charge in [0.25, 0.3) is 0 Å². The highest BCUT2D eigenvalue weighted by molar-refractivity contribution is 5.79. The summed E-state index contributed by atoms with van der Waals surface area (Å²) in [5.74, 6) is 0.0167. The van der Waals surface area contributed by atoms with Crippen LogP contribution in [0.1, 0.15) is 35.3 Å². The fourth-order valence-corrected chi connectivity index (χ4v) is 2.25. The summed E-state index contributed by atoms with van der Waals surface area (Å²) in [5, 5.41) is 15.6. The van der Waals surface area contributed by atoms with E-state index in [2.05, 4.69) is 10.4 Å². The maximum absolute atomic E-state index is 12.8. The van der Waals surface area contributed by atoms with Gasteiger partial charge in [-0.2, -0.15) is 13.9 Å². The molecule has 120 valence electrons. The Morgan fingerprint density at radius 2 is 2.23 bits per heavy atom. The normalized spacial score (nSPS) is 12.6. The van der Waals surface area contributed by atoms with Crippen molar-refractivity contribution in [2.45, 2.75) is 32.9 Å². The van der Waals surface area contributed by atoms with Crippen molar-refractivity contribution in [3.8, 4) is 0 Å². The molecule has 8 heteroatoms. The van der Waals surface area contributed by atoms with Gasteiger partial charge in [0.15, 0.2) is 0 Å². The number of aryl methyl sites for hydroxylation is 1. The number of amides is 1. The number of aromatic nitrogens is 2. The second kappa shape index (κ2) is 6.69. The first kappa shape index (κ1) is 16.2. The van der Waals surface area contributed by atoms with Gasteiger partial charge in [0.1, 0.15) is 11.8 Å². The number of hydrogen-bond donors (Lipinski definition) is 2. The monoisotopic (exact) mass is 313 g/mol. The Labute approximate surface area is 125 Å². The van der Waals surface area contributed by atoms with E-state index in [1.165, 1.54) is 13.2 Å². The van der Waals surface area contributed by atoms with Crippen LogP contribution in [0.5, 0.6) is 0 Å². The van der Waals surface area contributed by atoms with Gasteiger partial charge >= 0.3 is 6.55 Å². The first-order chi connectivity index (χ1) is 10.4. The molecule has 2 aromatic heterocycles. The van der Waals surface area contributed by atoms with E-state index in [0.717, 1.165) is 0 Å². The third kappa shape index (κ3) is 3.33. The predicted octanol–water partition coefficient (Wildman–Crippen LogP) is 1.88. The molecule has 0 saturated heterocycles. The summed E-state index contributed by atoms with van der Waals surface area (Å²) in [5.41, 5.74) is 1.08. The highest BCUT2D eigenvalue weighted by Gasteiger charge is 2.21. The Morgan fingerprint density at radius 1 is 1.50 bits per heavy atom. The Bertz CT molecular complexity index is 638. The zero-order valence-electron chi connectivity index (χ0n) is 12.2. The maximum atomic E-state index is 12.8. The lowest BCUT2D eigenvalue weighted by molar-refractivity contribution is -0.121. The Kier molecular flexibility index (Phi) is 4.92. The molecular formula is C14H17F2N3O3. The zero-order valence-corrected chi connectivity index (χ0v) is 12.2. The average Bonchev–Trinajstić information content (AvgIpc) is 3.08. The summed E-state index contributed by atoms with van der Waals surface area (Å²) in [6, 6.07) is 2.60. The van der Waals surface area contributed by atoms with Crippen LogP contribution in [0.25, 0.3) is 0 Å². The van der Waals surface area contributed by atoms with Crippen LogP contribution in [0.15, 0.2) is 22.8 Å². The molecule has 1 atom stereocenters. The fraction of sp³-hybridized carbons (Fsp3) is 0.429. The lowest BCUT2D eigenvalue weighted by atomic mass is 10.1. The van der Waals surface area contributed by atoms with Crippen LogP contribution in [0.3, 0.4) is 0 Å². The van der Waals surface area contributed by atoms with Crippen LogP contribution < -0.4 is 5.32 Å². The topological polar surface area (TPSA) is 80.3 Å². The van der Waals surface area contributed by atoms with Crippen molar-refractivity contribution >= 4 is 5.91 Å². The molecule has 0 bridgehead atoms. The minimum atomic E-state index is -2.75. The smallest absolute Gasteiger partial charge is 0.333 e. The van der Waals surface area contributed by atoms with Gasteiger partial charge in [-0.05, 0) is 26.0 Å². The van der Waals surface area contributed by atoms with Crippen molar-refractivity contribution in [3.63, 3.8) is 0 Å². The molecule has 0 saturated carbocycles. The number of rotatable bonds is 6. The van der Waals surface area contributed by atoms with Crippen LogP contribution in [0.4, 0.5) is 8.78 Å². The number of nitrogens with zero attached hydrogens (tertiary/aromatic N) is 2. The van der Waals surface area contributed by atoms with Crippen molar-refractivity contribution in [2.24, 2.45) is 0 Å². The van der Waals surface area contributed by atoms with Gasteiger partial charge in [0.05, 0.1) is 25.0 Å². The van der Waals surface area contributed by atoms with Crippen molar-refractivity contribution in [2.75, 3.05) is 6.61 Å². The molecule has 0 radical (unpaired) electrons. The van der Waals surface area contributed by atoms with Crippen LogP contribution in [-0.4, -0.2) is 27.4 Å². The molecule has 2 rings (SSSR count). The molecule has 6 nitrogen and oxygen atoms in total. The molecule has 0 aliphatic carbocycles. The van der Waals surface area contributed by atoms with Crippen LogP contribution in [0, 0.1) is 13.8 Å². The Hall–Kier alpha value is -2.22. The van der Waals surface area contributed by atoms with E-state index in [9.17, 15) is 18.7 Å². The minimum Gasteiger partial charge on any atom is -0.467 e. The molecular weight excluding hydrogens is 296 g/mol. The van der Waals surface area contributed by atoms with Crippen LogP contribution >= 0.6 is 0 Å². The van der Waals surface area contributed by atoms with E-state index < -0.39 is 18.5 Å². The summed E-state index contributed by atoms with van der Waals surface area (Å²) < 4.78 is 31.2. The molecule has 2 aromatic rings. The molecule has 1 amide bonds. The third-order valence-electron chi connectivity index (χ3n) is 3.40. The van der Waals surface area contributed by atoms with Gasteiger partial charge in [-0.25, -0.2) is 4.68 Å². The number of carbonyl (C=O) groups is 1. The highest BCUT2D eigenvalue weighted by atomic mass is 19.3. The van der Waals surface area contributed by atoms with E-state index in [1.54, 1.807) is 19.1 Å². The maximum Gasteiger partial charge on any atom is 0.333 e. The summed E-state index contributed by atoms with van der Waals surface area (Å²) in [4.78, 5) is 12.1. The number of aliphatic hydroxyl groups is 1. The Balaban J connectivity index is 2.09. The van der Waals surface area contributed by atoms with E-state index in [1.807, 2.05) is 0 Å². The average molecular weight is 313 g/mol. The first-order valence-corrected chi connectivity index (χ1v) is 6.70. The van der Waals surface area contributed by atoms with E-state index >= 15 is 0 Å². The second-order valence-electron chi connectivity index (χ2n) is 4.87. The largest absolute Gasteiger partial charge is 0.467 e. The second-order valence-corrected chi connectivity index (χ2v) is 4.87. The zero-order chi connectivity index (χ0) is 16.3. The number of hydrogen-bond acceptors (Lipinski definition) is 4. The molecule has 0 aliphatic rings. The van der Waals surface area contributed by atoms with Crippen molar-refractivity contribution in [1.29, 1.82) is 0 Å². The van der Waals surface area contributed by atoms with Crippen molar-refractivity contribution < 1.29 is 23.1 Å². The quantitative estimate of drug-likeness (QED) is 0.853. The molecule has 0 spiro atoms. The number of nitrogens with one attached hydrogen (secondary N) is 1. The summed E-state index contributed by atoms with van der Waals surface area (Å²) in [7, 11) is 0. The predicted molar refractivity (Wildman–Crippen MR) is 73.3 cm³/mol. The Morgan fingerprint density at radius 3 is 2.73 bits per heavy atom. The number of furan rings is 1. The summed E-state index contributed by atoms with van der Waals surface area (Å²) in [6.07, 6.45) is 1.34. The summed E-state index contributed by atoms with van der Waals surface area (Å²) in [6.45, 7) is -0.00748. The number of alkyl halides is 2. The van der Waals surface area contributed by atoms with Gasteiger partial charge < -0.3 is 14.8 Å². The minimum absolute atomic E-state index is 0.0956. The lowest BCUT2D eigenvalue weighted by Crippen LogP contribution is -2.32. The molecule has 0 fully saturated rings. The molecule has 1 unspecified atom stereocenters. The molecule has 22 heavy (non-hydrogen) atoms. The van der Waals surface area contributed by atoms with Gasteiger partial charge in [-0.15, -0.1) is 0 Å². The number of halogens is 2. The summed E-state index contributed by atoms with van der Waals surface area (Å²) >= 11 is 0. The standard InChI is InChI=1S/C14H17F2N3O3/c1-8-10(9(2)19(18-8)14(15)16)6-13(21)17-11(7-20)12-4-3-5-22-12/h3-5,11,14,20H,6-7H2,1-2H3,(H,17,21). The van der Waals surface area contributed by atoms with Gasteiger partial charge in [-0.3, -0.25) is 4.79 Å². The molecule has 2 N–H and O–H groups in total. The van der Waals surface area contributed by atoms with Gasteiger partial charge in [0.2, 0.25) is 5.91 Å². The molecule has 2 heterocycles. The SMILES string of the molecule is Cc1nn(C(F)F)c(C)c1CC(=O)NC(CO)c1ccco1. The van der Waals surface area contributed by atoms with E-state index in [0.29, 0.717) is 21.7 Å². The van der Waals surface area contributed by atoms with Crippen LogP contribution in [0.2, 0.25) is 0 Å². The highest BCUT2D eigenvalue weighted by Crippen LogP contribution is 2.20. The van der Waals surface area contributed by atoms with Crippen molar-refractivity contribution in [3.05, 3.63) is 41.1 Å². The molecule has 0 aromatic carbocycles. The van der Waals surface area contributed by atoms with Crippen LogP contribution in [-0.2, 0) is 11.2 Å². The van der Waals surface area contributed by atoms with E-state index in [4.69, 9.17) is 4.42 Å². The number of aliphatic hydroxyl groups excluding tert-OH is 1. The number of carbonyl (C=O) groups excluding carboxylic acids is 1. The van der Waals surface area contributed by atoms with Gasteiger partial charge in [-0.1, -0.05) is 0 Å². The first-order valence-electron chi connectivity index (χ1n) is 6.70. The van der Waals surface area contributed by atoms with E-state index in [-0.39, 0.29) is 18.7 Å². The van der Waals surface area contributed by atoms with Gasteiger partial charge in [0, 0.05) is 11.3 Å². The third-order valence-corrected chi connectivity index (χ3v) is 3.40. The molecule has 0 aliphatic heterocycles. The fourth-order valence-electron chi connectivity index (χ4n) is 2.25.